The Morgan fingerprint density at radius 3 is 3.22 bits per heavy atom. The van der Waals surface area contributed by atoms with Crippen molar-refractivity contribution in [3.05, 3.63) is 21.6 Å². The Hall–Kier alpha value is -1.11. The van der Waals surface area contributed by atoms with Crippen LogP contribution < -0.4 is 10.9 Å². The molecule has 0 amide bonds. The largest absolute Gasteiger partial charge is 0.383 e. The molecule has 2 rings (SSSR count). The second-order valence-electron chi connectivity index (χ2n) is 4.10. The van der Waals surface area contributed by atoms with Crippen LogP contribution in [0.25, 0.3) is 0 Å². The number of rotatable bonds is 5. The molecule has 7 heteroatoms. The van der Waals surface area contributed by atoms with Gasteiger partial charge in [-0.25, -0.2) is 4.68 Å². The van der Waals surface area contributed by atoms with E-state index in [4.69, 9.17) is 21.1 Å². The van der Waals surface area contributed by atoms with Crippen molar-refractivity contribution in [3.63, 3.8) is 0 Å². The van der Waals surface area contributed by atoms with E-state index in [9.17, 15) is 4.79 Å². The monoisotopic (exact) mass is 273 g/mol. The lowest BCUT2D eigenvalue weighted by Crippen LogP contribution is -2.28. The molecule has 1 saturated heterocycles. The Bertz CT molecular complexity index is 457. The summed E-state index contributed by atoms with van der Waals surface area (Å²) in [6.07, 6.45) is 2.47. The normalized spacial score (nSPS) is 19.1. The van der Waals surface area contributed by atoms with Gasteiger partial charge in [-0.15, -0.1) is 0 Å². The van der Waals surface area contributed by atoms with Gasteiger partial charge < -0.3 is 14.8 Å². The van der Waals surface area contributed by atoms with Gasteiger partial charge in [0.1, 0.15) is 5.02 Å². The highest BCUT2D eigenvalue weighted by Gasteiger charge is 2.18. The maximum Gasteiger partial charge on any atom is 0.287 e. The minimum atomic E-state index is -0.308. The summed E-state index contributed by atoms with van der Waals surface area (Å²) in [5.41, 5.74) is 0.253. The first-order valence-corrected chi connectivity index (χ1v) is 6.19. The van der Waals surface area contributed by atoms with Crippen LogP contribution in [0.1, 0.15) is 6.42 Å². The van der Waals surface area contributed by atoms with Crippen molar-refractivity contribution < 1.29 is 9.47 Å². The van der Waals surface area contributed by atoms with Gasteiger partial charge in [0.05, 0.1) is 37.7 Å². The minimum absolute atomic E-state index is 0.160. The van der Waals surface area contributed by atoms with Gasteiger partial charge in [0.25, 0.3) is 5.56 Å². The van der Waals surface area contributed by atoms with E-state index in [-0.39, 0.29) is 16.6 Å². The van der Waals surface area contributed by atoms with Crippen LogP contribution in [0.15, 0.2) is 11.0 Å². The molecule has 6 nitrogen and oxygen atoms in total. The minimum Gasteiger partial charge on any atom is -0.383 e. The van der Waals surface area contributed by atoms with E-state index in [1.165, 1.54) is 4.68 Å². The SMILES string of the molecule is COCCn1ncc(NC2CCOC2)c(Cl)c1=O. The van der Waals surface area contributed by atoms with E-state index in [1.54, 1.807) is 13.3 Å². The van der Waals surface area contributed by atoms with Crippen LogP contribution in [0.2, 0.25) is 5.02 Å². The zero-order valence-electron chi connectivity index (χ0n) is 10.2. The van der Waals surface area contributed by atoms with Crippen LogP contribution in [0.4, 0.5) is 5.69 Å². The second-order valence-corrected chi connectivity index (χ2v) is 4.48. The van der Waals surface area contributed by atoms with Gasteiger partial charge in [0.2, 0.25) is 0 Å². The first kappa shape index (κ1) is 13.3. The van der Waals surface area contributed by atoms with E-state index in [1.807, 2.05) is 0 Å². The maximum absolute atomic E-state index is 11.9. The summed E-state index contributed by atoms with van der Waals surface area (Å²) in [6.45, 7) is 2.17. The summed E-state index contributed by atoms with van der Waals surface area (Å²) < 4.78 is 11.4. The first-order chi connectivity index (χ1) is 8.72. The quantitative estimate of drug-likeness (QED) is 0.857. The fourth-order valence-electron chi connectivity index (χ4n) is 1.77. The van der Waals surface area contributed by atoms with Crippen molar-refractivity contribution in [1.29, 1.82) is 0 Å². The number of methoxy groups -OCH3 is 1. The Morgan fingerprint density at radius 2 is 2.56 bits per heavy atom. The van der Waals surface area contributed by atoms with E-state index < -0.39 is 0 Å². The third kappa shape index (κ3) is 3.01. The Morgan fingerprint density at radius 1 is 1.72 bits per heavy atom. The standard InChI is InChI=1S/C11H16ClN3O3/c1-17-5-3-15-11(16)10(12)9(6-13-15)14-8-2-4-18-7-8/h6,8,14H,2-5,7H2,1H3. The molecule has 2 heterocycles. The number of anilines is 1. The highest BCUT2D eigenvalue weighted by atomic mass is 35.5. The Kier molecular flexibility index (Phi) is 4.57. The van der Waals surface area contributed by atoms with Gasteiger partial charge in [0, 0.05) is 13.7 Å². The maximum atomic E-state index is 11.9. The molecule has 1 aromatic heterocycles. The number of halogens is 1. The number of nitrogens with one attached hydrogen (secondary N) is 1. The van der Waals surface area contributed by atoms with Gasteiger partial charge in [-0.3, -0.25) is 4.79 Å². The molecule has 0 radical (unpaired) electrons. The fraction of sp³-hybridized carbons (Fsp3) is 0.636. The van der Waals surface area contributed by atoms with E-state index in [2.05, 4.69) is 10.4 Å². The van der Waals surface area contributed by atoms with Crippen molar-refractivity contribution in [2.24, 2.45) is 0 Å². The smallest absolute Gasteiger partial charge is 0.287 e. The number of nitrogens with zero attached hydrogens (tertiary/aromatic N) is 2. The predicted molar refractivity (Wildman–Crippen MR) is 68.2 cm³/mol. The second kappa shape index (κ2) is 6.17. The van der Waals surface area contributed by atoms with Crippen molar-refractivity contribution >= 4 is 17.3 Å². The number of hydrogen-bond donors (Lipinski definition) is 1. The summed E-state index contributed by atoms with van der Waals surface area (Å²) >= 11 is 6.04. The van der Waals surface area contributed by atoms with Crippen molar-refractivity contribution in [1.82, 2.24) is 9.78 Å². The molecule has 1 aromatic rings. The molecule has 0 aromatic carbocycles. The third-order valence-electron chi connectivity index (χ3n) is 2.78. The summed E-state index contributed by atoms with van der Waals surface area (Å²) in [4.78, 5) is 11.9. The summed E-state index contributed by atoms with van der Waals surface area (Å²) in [5.74, 6) is 0. The lowest BCUT2D eigenvalue weighted by Gasteiger charge is -2.13. The van der Waals surface area contributed by atoms with E-state index in [0.717, 1.165) is 13.0 Å². The van der Waals surface area contributed by atoms with Gasteiger partial charge in [-0.2, -0.15) is 5.10 Å². The Balaban J connectivity index is 2.12. The molecule has 1 N–H and O–H groups in total. The van der Waals surface area contributed by atoms with Gasteiger partial charge in [-0.1, -0.05) is 11.6 Å². The van der Waals surface area contributed by atoms with Gasteiger partial charge in [-0.05, 0) is 6.42 Å². The third-order valence-corrected chi connectivity index (χ3v) is 3.15. The van der Waals surface area contributed by atoms with Gasteiger partial charge >= 0.3 is 0 Å². The van der Waals surface area contributed by atoms with Crippen molar-refractivity contribution in [3.8, 4) is 0 Å². The topological polar surface area (TPSA) is 65.4 Å². The fourth-order valence-corrected chi connectivity index (χ4v) is 1.97. The number of hydrogen-bond acceptors (Lipinski definition) is 5. The van der Waals surface area contributed by atoms with E-state index in [0.29, 0.717) is 25.4 Å². The molecule has 0 aliphatic carbocycles. The molecular weight excluding hydrogens is 258 g/mol. The zero-order chi connectivity index (χ0) is 13.0. The molecule has 100 valence electrons. The molecule has 0 saturated carbocycles. The molecule has 1 atom stereocenters. The van der Waals surface area contributed by atoms with Crippen LogP contribution in [0.5, 0.6) is 0 Å². The summed E-state index contributed by atoms with van der Waals surface area (Å²) in [7, 11) is 1.57. The number of ether oxygens (including phenoxy) is 2. The van der Waals surface area contributed by atoms with Crippen LogP contribution in [-0.2, 0) is 16.0 Å². The Labute approximate surface area is 110 Å². The molecular formula is C11H16ClN3O3. The van der Waals surface area contributed by atoms with Crippen LogP contribution >= 0.6 is 11.6 Å². The van der Waals surface area contributed by atoms with Crippen molar-refractivity contribution in [2.75, 3.05) is 32.2 Å². The molecule has 18 heavy (non-hydrogen) atoms. The number of aromatic nitrogens is 2. The zero-order valence-corrected chi connectivity index (χ0v) is 10.9. The molecule has 1 aliphatic rings. The molecule has 1 fully saturated rings. The predicted octanol–water partition coefficient (Wildman–Crippen LogP) is 0.744. The van der Waals surface area contributed by atoms with Crippen LogP contribution in [0, 0.1) is 0 Å². The molecule has 1 unspecified atom stereocenters. The van der Waals surface area contributed by atoms with Gasteiger partial charge in [0.15, 0.2) is 0 Å². The van der Waals surface area contributed by atoms with Crippen molar-refractivity contribution in [2.45, 2.75) is 19.0 Å². The summed E-state index contributed by atoms with van der Waals surface area (Å²) in [5, 5.41) is 7.38. The van der Waals surface area contributed by atoms with Crippen LogP contribution in [0.3, 0.4) is 0 Å². The lowest BCUT2D eigenvalue weighted by molar-refractivity contribution is 0.182. The molecule has 0 bridgehead atoms. The lowest BCUT2D eigenvalue weighted by atomic mass is 10.2. The average molecular weight is 274 g/mol. The average Bonchev–Trinajstić information content (AvgIpc) is 2.87. The first-order valence-electron chi connectivity index (χ1n) is 5.81. The van der Waals surface area contributed by atoms with Crippen LogP contribution in [-0.4, -0.2) is 42.8 Å². The summed E-state index contributed by atoms with van der Waals surface area (Å²) in [6, 6.07) is 0.193. The highest BCUT2D eigenvalue weighted by molar-refractivity contribution is 6.32. The van der Waals surface area contributed by atoms with E-state index >= 15 is 0 Å². The molecule has 1 aliphatic heterocycles. The highest BCUT2D eigenvalue weighted by Crippen LogP contribution is 2.18. The molecule has 0 spiro atoms.